The Labute approximate surface area is 200 Å². The van der Waals surface area contributed by atoms with E-state index in [9.17, 15) is 0 Å². The van der Waals surface area contributed by atoms with Crippen LogP contribution in [0, 0.1) is 5.92 Å². The Balaban J connectivity index is 1.64. The molecule has 0 unspecified atom stereocenters. The Morgan fingerprint density at radius 1 is 0.879 bits per heavy atom. The van der Waals surface area contributed by atoms with Gasteiger partial charge in [0.1, 0.15) is 0 Å². The summed E-state index contributed by atoms with van der Waals surface area (Å²) >= 11 is 1.80. The topological polar surface area (TPSA) is 25.8 Å². The van der Waals surface area contributed by atoms with Crippen molar-refractivity contribution in [1.29, 1.82) is 0 Å². The molecule has 0 aliphatic heterocycles. The van der Waals surface area contributed by atoms with Gasteiger partial charge in [-0.05, 0) is 80.9 Å². The Kier molecular flexibility index (Phi) is 5.54. The summed E-state index contributed by atoms with van der Waals surface area (Å²) in [5, 5.41) is 4.86. The SMILES string of the molecule is CC(C)Cc1csc2c(-c3ccnc(-c4cc(C(C)(C)C)c5ccccc5c4)c3)ccnc12. The summed E-state index contributed by atoms with van der Waals surface area (Å²) in [6.07, 6.45) is 4.94. The first-order valence-corrected chi connectivity index (χ1v) is 12.5. The summed E-state index contributed by atoms with van der Waals surface area (Å²) in [5.41, 5.74) is 8.50. The van der Waals surface area contributed by atoms with Gasteiger partial charge in [-0.3, -0.25) is 9.97 Å². The first-order chi connectivity index (χ1) is 15.8. The summed E-state index contributed by atoms with van der Waals surface area (Å²) < 4.78 is 1.26. The van der Waals surface area contributed by atoms with Gasteiger partial charge in [0.15, 0.2) is 0 Å². The number of aromatic nitrogens is 2. The van der Waals surface area contributed by atoms with Crippen molar-refractivity contribution in [2.75, 3.05) is 0 Å². The highest BCUT2D eigenvalue weighted by atomic mass is 32.1. The number of hydrogen-bond acceptors (Lipinski definition) is 3. The molecule has 0 fully saturated rings. The van der Waals surface area contributed by atoms with Crippen molar-refractivity contribution in [2.24, 2.45) is 5.92 Å². The number of fused-ring (bicyclic) bond motifs is 2. The number of benzene rings is 2. The molecule has 0 amide bonds. The summed E-state index contributed by atoms with van der Waals surface area (Å²) in [6.45, 7) is 11.4. The van der Waals surface area contributed by atoms with Gasteiger partial charge in [-0.25, -0.2) is 0 Å². The van der Waals surface area contributed by atoms with E-state index >= 15 is 0 Å². The average molecular weight is 451 g/mol. The van der Waals surface area contributed by atoms with Gasteiger partial charge in [-0.2, -0.15) is 0 Å². The van der Waals surface area contributed by atoms with Gasteiger partial charge in [0.2, 0.25) is 0 Å². The third kappa shape index (κ3) is 4.18. The third-order valence-corrected chi connectivity index (χ3v) is 7.24. The van der Waals surface area contributed by atoms with E-state index < -0.39 is 0 Å². The Morgan fingerprint density at radius 2 is 1.67 bits per heavy atom. The lowest BCUT2D eigenvalue weighted by Gasteiger charge is -2.22. The van der Waals surface area contributed by atoms with E-state index in [4.69, 9.17) is 9.97 Å². The third-order valence-electron chi connectivity index (χ3n) is 6.19. The van der Waals surface area contributed by atoms with Gasteiger partial charge in [-0.1, -0.05) is 58.9 Å². The van der Waals surface area contributed by atoms with E-state index in [0.29, 0.717) is 5.92 Å². The van der Waals surface area contributed by atoms with Crippen LogP contribution in [0.25, 0.3) is 43.4 Å². The van der Waals surface area contributed by atoms with Crippen LogP contribution < -0.4 is 0 Å². The van der Waals surface area contributed by atoms with E-state index in [-0.39, 0.29) is 5.41 Å². The molecule has 33 heavy (non-hydrogen) atoms. The Morgan fingerprint density at radius 3 is 2.45 bits per heavy atom. The van der Waals surface area contributed by atoms with Gasteiger partial charge < -0.3 is 0 Å². The van der Waals surface area contributed by atoms with Crippen LogP contribution in [0.2, 0.25) is 0 Å². The first-order valence-electron chi connectivity index (χ1n) is 11.7. The summed E-state index contributed by atoms with van der Waals surface area (Å²) in [7, 11) is 0. The zero-order valence-corrected chi connectivity index (χ0v) is 20.8. The highest BCUT2D eigenvalue weighted by Gasteiger charge is 2.19. The number of pyridine rings is 2. The minimum Gasteiger partial charge on any atom is -0.256 e. The van der Waals surface area contributed by atoms with Crippen molar-refractivity contribution < 1.29 is 0 Å². The molecule has 0 spiro atoms. The number of hydrogen-bond donors (Lipinski definition) is 0. The lowest BCUT2D eigenvalue weighted by Crippen LogP contribution is -2.12. The fourth-order valence-corrected chi connectivity index (χ4v) is 5.71. The molecule has 5 aromatic rings. The maximum atomic E-state index is 4.78. The fraction of sp³-hybridized carbons (Fsp3) is 0.267. The molecule has 166 valence electrons. The normalized spacial score (nSPS) is 12.2. The standard InChI is InChI=1S/C30H30N2S/c1-19(2)14-23-18-33-29-25(11-13-32-28(23)29)21-10-12-31-27(17-21)22-15-20-8-6-7-9-24(20)26(16-22)30(3,4)5/h6-13,15-19H,14H2,1-5H3. The fourth-order valence-electron chi connectivity index (χ4n) is 4.63. The van der Waals surface area contributed by atoms with Gasteiger partial charge in [-0.15, -0.1) is 11.3 Å². The highest BCUT2D eigenvalue weighted by molar-refractivity contribution is 7.18. The predicted octanol–water partition coefficient (Wildman–Crippen LogP) is 8.67. The summed E-state index contributed by atoms with van der Waals surface area (Å²) in [4.78, 5) is 9.51. The van der Waals surface area contributed by atoms with E-state index in [1.807, 2.05) is 12.4 Å². The molecule has 0 atom stereocenters. The number of nitrogens with zero attached hydrogens (tertiary/aromatic N) is 2. The van der Waals surface area contributed by atoms with E-state index in [0.717, 1.165) is 23.2 Å². The largest absolute Gasteiger partial charge is 0.256 e. The predicted molar refractivity (Wildman–Crippen MR) is 143 cm³/mol. The molecule has 5 rings (SSSR count). The van der Waals surface area contributed by atoms with Crippen molar-refractivity contribution >= 4 is 32.3 Å². The minimum atomic E-state index is 0.0499. The van der Waals surface area contributed by atoms with Gasteiger partial charge in [0, 0.05) is 23.5 Å². The lowest BCUT2D eigenvalue weighted by molar-refractivity contribution is 0.596. The van der Waals surface area contributed by atoms with Crippen LogP contribution in [0.4, 0.5) is 0 Å². The monoisotopic (exact) mass is 450 g/mol. The van der Waals surface area contributed by atoms with Crippen LogP contribution in [0.3, 0.4) is 0 Å². The molecule has 3 heteroatoms. The van der Waals surface area contributed by atoms with Crippen LogP contribution in [0.15, 0.2) is 72.4 Å². The Bertz CT molecular complexity index is 1450. The van der Waals surface area contributed by atoms with Crippen LogP contribution in [0.5, 0.6) is 0 Å². The van der Waals surface area contributed by atoms with E-state index in [2.05, 4.69) is 94.6 Å². The summed E-state index contributed by atoms with van der Waals surface area (Å²) in [6, 6.07) is 19.7. The molecule has 0 aliphatic carbocycles. The minimum absolute atomic E-state index is 0.0499. The van der Waals surface area contributed by atoms with Crippen molar-refractivity contribution in [3.63, 3.8) is 0 Å². The number of thiophene rings is 1. The van der Waals surface area contributed by atoms with Gasteiger partial charge in [0.05, 0.1) is 15.9 Å². The smallest absolute Gasteiger partial charge is 0.0848 e. The van der Waals surface area contributed by atoms with Crippen molar-refractivity contribution in [1.82, 2.24) is 9.97 Å². The van der Waals surface area contributed by atoms with Crippen LogP contribution >= 0.6 is 11.3 Å². The molecule has 2 aromatic carbocycles. The zero-order valence-electron chi connectivity index (χ0n) is 20.0. The second kappa shape index (κ2) is 8.39. The second-order valence-electron chi connectivity index (χ2n) is 10.3. The van der Waals surface area contributed by atoms with E-state index in [1.165, 1.54) is 37.7 Å². The molecule has 2 nitrogen and oxygen atoms in total. The maximum Gasteiger partial charge on any atom is 0.0848 e. The van der Waals surface area contributed by atoms with E-state index in [1.54, 1.807) is 11.3 Å². The maximum absolute atomic E-state index is 4.78. The lowest BCUT2D eigenvalue weighted by atomic mass is 9.82. The van der Waals surface area contributed by atoms with Crippen LogP contribution in [-0.4, -0.2) is 9.97 Å². The average Bonchev–Trinajstić information content (AvgIpc) is 3.20. The molecule has 0 saturated carbocycles. The van der Waals surface area contributed by atoms with Gasteiger partial charge in [0.25, 0.3) is 0 Å². The van der Waals surface area contributed by atoms with Crippen LogP contribution in [-0.2, 0) is 11.8 Å². The Hall–Kier alpha value is -3.04. The quantitative estimate of drug-likeness (QED) is 0.274. The second-order valence-corrected chi connectivity index (χ2v) is 11.2. The molecule has 0 bridgehead atoms. The van der Waals surface area contributed by atoms with Crippen LogP contribution in [0.1, 0.15) is 45.7 Å². The van der Waals surface area contributed by atoms with Crippen molar-refractivity contribution in [3.05, 3.63) is 83.5 Å². The molecule has 0 saturated heterocycles. The summed E-state index contributed by atoms with van der Waals surface area (Å²) in [5.74, 6) is 0.616. The van der Waals surface area contributed by atoms with Gasteiger partial charge >= 0.3 is 0 Å². The van der Waals surface area contributed by atoms with Crippen molar-refractivity contribution in [3.8, 4) is 22.4 Å². The molecule has 0 N–H and O–H groups in total. The molecule has 0 aliphatic rings. The molecular weight excluding hydrogens is 420 g/mol. The number of rotatable bonds is 4. The zero-order chi connectivity index (χ0) is 23.2. The van der Waals surface area contributed by atoms with Crippen molar-refractivity contribution in [2.45, 2.75) is 46.5 Å². The molecule has 3 heterocycles. The highest BCUT2D eigenvalue weighted by Crippen LogP contribution is 2.37. The molecule has 0 radical (unpaired) electrons. The molecule has 3 aromatic heterocycles. The molecular formula is C30H30N2S. The first kappa shape index (κ1) is 21.8.